The molecule has 9 heteroatoms. The Labute approximate surface area is 165 Å². The monoisotopic (exact) mass is 399 g/mol. The van der Waals surface area contributed by atoms with E-state index in [2.05, 4.69) is 15.5 Å². The Morgan fingerprint density at radius 3 is 2.64 bits per heavy atom. The summed E-state index contributed by atoms with van der Waals surface area (Å²) in [7, 11) is 1.60. The lowest BCUT2D eigenvalue weighted by Gasteiger charge is -2.08. The number of amides is 1. The Balaban J connectivity index is 1.69. The average Bonchev–Trinajstić information content (AvgIpc) is 3.02. The van der Waals surface area contributed by atoms with Crippen molar-refractivity contribution in [2.24, 2.45) is 10.2 Å². The summed E-state index contributed by atoms with van der Waals surface area (Å²) in [5.41, 5.74) is 0.694. The van der Waals surface area contributed by atoms with E-state index in [0.717, 1.165) is 17.5 Å². The van der Waals surface area contributed by atoms with Crippen LogP contribution in [0.3, 0.4) is 0 Å². The smallest absolute Gasteiger partial charge is 0.305 e. The first-order valence-corrected chi connectivity index (χ1v) is 9.14. The average molecular weight is 399 g/mol. The summed E-state index contributed by atoms with van der Waals surface area (Å²) in [5, 5.41) is 18.8. The molecule has 1 atom stereocenters. The number of ether oxygens (including phenoxy) is 2. The van der Waals surface area contributed by atoms with Gasteiger partial charge >= 0.3 is 5.97 Å². The van der Waals surface area contributed by atoms with Crippen molar-refractivity contribution in [2.45, 2.75) is 11.7 Å². The second-order valence-corrected chi connectivity index (χ2v) is 6.85. The lowest BCUT2D eigenvalue weighted by molar-refractivity contribution is -0.138. The van der Waals surface area contributed by atoms with E-state index < -0.39 is 11.2 Å². The molecule has 0 bridgehead atoms. The molecule has 1 amide bonds. The minimum atomic E-state index is -1.04. The van der Waals surface area contributed by atoms with Gasteiger partial charge in [-0.1, -0.05) is 23.9 Å². The highest BCUT2D eigenvalue weighted by Crippen LogP contribution is 2.26. The molecule has 1 aliphatic heterocycles. The Morgan fingerprint density at radius 1 is 1.21 bits per heavy atom. The number of carboxylic acid groups (broad SMARTS) is 1. The van der Waals surface area contributed by atoms with E-state index in [0.29, 0.717) is 17.1 Å². The van der Waals surface area contributed by atoms with Crippen LogP contribution in [0.15, 0.2) is 58.7 Å². The number of nitrogens with one attached hydrogen (secondary N) is 1. The zero-order chi connectivity index (χ0) is 19.9. The molecule has 8 nitrogen and oxygen atoms in total. The third-order valence-corrected chi connectivity index (χ3v) is 4.76. The summed E-state index contributed by atoms with van der Waals surface area (Å²) in [4.78, 5) is 22.4. The number of hydrogen-bond donors (Lipinski definition) is 2. The molecule has 0 saturated carbocycles. The van der Waals surface area contributed by atoms with Crippen LogP contribution in [0.25, 0.3) is 0 Å². The highest BCUT2D eigenvalue weighted by Gasteiger charge is 2.32. The van der Waals surface area contributed by atoms with Gasteiger partial charge in [0.25, 0.3) is 0 Å². The molecule has 2 aromatic carbocycles. The molecule has 144 valence electrons. The number of carbonyl (C=O) groups excluding carboxylic acids is 1. The highest BCUT2D eigenvalue weighted by molar-refractivity contribution is 8.15. The number of amidine groups is 1. The zero-order valence-electron chi connectivity index (χ0n) is 14.9. The Hall–Kier alpha value is -3.33. The third-order valence-electron chi connectivity index (χ3n) is 3.69. The van der Waals surface area contributed by atoms with E-state index in [9.17, 15) is 9.59 Å². The van der Waals surface area contributed by atoms with Crippen LogP contribution in [-0.2, 0) is 9.59 Å². The van der Waals surface area contributed by atoms with E-state index in [4.69, 9.17) is 14.6 Å². The van der Waals surface area contributed by atoms with Crippen molar-refractivity contribution >= 4 is 35.0 Å². The van der Waals surface area contributed by atoms with E-state index in [1.54, 1.807) is 37.4 Å². The number of thioether (sulfide) groups is 1. The molecule has 1 aliphatic rings. The maximum absolute atomic E-state index is 11.7. The topological polar surface area (TPSA) is 110 Å². The van der Waals surface area contributed by atoms with Crippen molar-refractivity contribution in [3.05, 3.63) is 54.1 Å². The first-order valence-electron chi connectivity index (χ1n) is 8.26. The normalized spacial score (nSPS) is 17.7. The van der Waals surface area contributed by atoms with Gasteiger partial charge in [0, 0.05) is 5.56 Å². The molecule has 0 spiro atoms. The number of aliphatic carboxylic acids is 1. The molecule has 1 fully saturated rings. The quantitative estimate of drug-likeness (QED) is 0.547. The Kier molecular flexibility index (Phi) is 6.28. The van der Waals surface area contributed by atoms with Gasteiger partial charge in [-0.3, -0.25) is 9.59 Å². The summed E-state index contributed by atoms with van der Waals surface area (Å²) in [6, 6.07) is 14.5. The minimum Gasteiger partial charge on any atom is -0.497 e. The number of benzene rings is 2. The van der Waals surface area contributed by atoms with Crippen molar-refractivity contribution in [1.82, 2.24) is 5.32 Å². The lowest BCUT2D eigenvalue weighted by Crippen LogP contribution is -2.26. The van der Waals surface area contributed by atoms with Crippen molar-refractivity contribution in [3.8, 4) is 17.2 Å². The molecular weight excluding hydrogens is 382 g/mol. The number of carbonyl (C=O) groups is 2. The van der Waals surface area contributed by atoms with Gasteiger partial charge < -0.3 is 19.9 Å². The molecule has 0 radical (unpaired) electrons. The van der Waals surface area contributed by atoms with Crippen LogP contribution in [-0.4, -0.2) is 40.7 Å². The van der Waals surface area contributed by atoms with E-state index >= 15 is 0 Å². The van der Waals surface area contributed by atoms with Crippen molar-refractivity contribution in [1.29, 1.82) is 0 Å². The number of para-hydroxylation sites is 1. The van der Waals surface area contributed by atoms with Crippen LogP contribution in [0.5, 0.6) is 17.2 Å². The maximum Gasteiger partial charge on any atom is 0.305 e. The van der Waals surface area contributed by atoms with Gasteiger partial charge in [0.15, 0.2) is 5.17 Å². The zero-order valence-corrected chi connectivity index (χ0v) is 15.7. The molecular formula is C19H17N3O5S. The number of rotatable bonds is 7. The number of methoxy groups -OCH3 is 1. The van der Waals surface area contributed by atoms with Gasteiger partial charge in [-0.15, -0.1) is 5.10 Å². The molecule has 0 aromatic heterocycles. The Morgan fingerprint density at radius 2 is 1.93 bits per heavy atom. The molecule has 2 N–H and O–H groups in total. The molecule has 1 unspecified atom stereocenters. The molecule has 0 aliphatic carbocycles. The Bertz CT molecular complexity index is 927. The van der Waals surface area contributed by atoms with Crippen LogP contribution in [0.4, 0.5) is 0 Å². The van der Waals surface area contributed by atoms with Crippen LogP contribution in [0.1, 0.15) is 12.0 Å². The fraction of sp³-hybridized carbons (Fsp3) is 0.158. The standard InChI is InChI=1S/C19H17N3O5S/c1-26-13-6-8-14(9-7-13)27-15-5-3-2-4-12(15)11-20-22-19-21-18(25)16(28-19)10-17(23)24/h2-9,11,16H,10H2,1H3,(H,23,24)(H,21,22,25). The van der Waals surface area contributed by atoms with Gasteiger partial charge in [-0.25, -0.2) is 0 Å². The first-order chi connectivity index (χ1) is 13.5. The van der Waals surface area contributed by atoms with Gasteiger partial charge in [-0.05, 0) is 36.4 Å². The minimum absolute atomic E-state index is 0.265. The van der Waals surface area contributed by atoms with E-state index in [-0.39, 0.29) is 17.5 Å². The van der Waals surface area contributed by atoms with Crippen LogP contribution in [0.2, 0.25) is 0 Å². The van der Waals surface area contributed by atoms with Crippen LogP contribution >= 0.6 is 11.8 Å². The second-order valence-electron chi connectivity index (χ2n) is 5.66. The lowest BCUT2D eigenvalue weighted by atomic mass is 10.2. The summed E-state index contributed by atoms with van der Waals surface area (Å²) < 4.78 is 11.0. The summed E-state index contributed by atoms with van der Waals surface area (Å²) >= 11 is 1.04. The van der Waals surface area contributed by atoms with Crippen molar-refractivity contribution in [3.63, 3.8) is 0 Å². The van der Waals surface area contributed by atoms with Gasteiger partial charge in [-0.2, -0.15) is 5.10 Å². The van der Waals surface area contributed by atoms with Crippen molar-refractivity contribution < 1.29 is 24.2 Å². The summed E-state index contributed by atoms with van der Waals surface area (Å²) in [6.07, 6.45) is 1.24. The fourth-order valence-corrected chi connectivity index (χ4v) is 3.25. The highest BCUT2D eigenvalue weighted by atomic mass is 32.2. The van der Waals surface area contributed by atoms with Crippen LogP contribution < -0.4 is 14.8 Å². The van der Waals surface area contributed by atoms with Gasteiger partial charge in [0.2, 0.25) is 5.91 Å². The van der Waals surface area contributed by atoms with Crippen molar-refractivity contribution in [2.75, 3.05) is 7.11 Å². The number of carboxylic acids is 1. The largest absolute Gasteiger partial charge is 0.497 e. The summed E-state index contributed by atoms with van der Waals surface area (Å²) in [6.45, 7) is 0. The van der Waals surface area contributed by atoms with E-state index in [1.165, 1.54) is 6.21 Å². The van der Waals surface area contributed by atoms with Crippen LogP contribution in [0, 0.1) is 0 Å². The predicted molar refractivity (Wildman–Crippen MR) is 106 cm³/mol. The van der Waals surface area contributed by atoms with Gasteiger partial charge in [0.05, 0.1) is 19.7 Å². The number of nitrogens with zero attached hydrogens (tertiary/aromatic N) is 2. The van der Waals surface area contributed by atoms with Gasteiger partial charge in [0.1, 0.15) is 22.5 Å². The second kappa shape index (κ2) is 9.05. The predicted octanol–water partition coefficient (Wildman–Crippen LogP) is 2.88. The fourth-order valence-electron chi connectivity index (χ4n) is 2.34. The maximum atomic E-state index is 11.7. The molecule has 1 heterocycles. The SMILES string of the molecule is COc1ccc(Oc2ccccc2C=NN=C2NC(=O)C(CC(=O)O)S2)cc1. The summed E-state index contributed by atoms with van der Waals surface area (Å²) in [5.74, 6) is 0.536. The first kappa shape index (κ1) is 19.4. The third kappa shape index (κ3) is 5.10. The molecule has 3 rings (SSSR count). The molecule has 2 aromatic rings. The number of hydrogen-bond acceptors (Lipinski definition) is 7. The van der Waals surface area contributed by atoms with E-state index in [1.807, 2.05) is 18.2 Å². The molecule has 1 saturated heterocycles. The molecule has 28 heavy (non-hydrogen) atoms.